The van der Waals surface area contributed by atoms with Crippen LogP contribution in [0.1, 0.15) is 51.9 Å². The molecule has 0 radical (unpaired) electrons. The SMILES string of the molecule is CC/C=C\C/C=C\C[C@H]1O[C@H]([C@@H](O)/C=C/[C@H](O)C/C=C\CCC(=O)O)C[C@H]1O. The molecule has 0 aliphatic carbocycles. The lowest BCUT2D eigenvalue weighted by molar-refractivity contribution is -0.136. The summed E-state index contributed by atoms with van der Waals surface area (Å²) in [6.07, 6.45) is 15.2. The summed E-state index contributed by atoms with van der Waals surface area (Å²) in [6, 6.07) is 0. The summed E-state index contributed by atoms with van der Waals surface area (Å²) in [5.74, 6) is -0.853. The lowest BCUT2D eigenvalue weighted by Crippen LogP contribution is -2.24. The average Bonchev–Trinajstić information content (AvgIpc) is 3.03. The van der Waals surface area contributed by atoms with E-state index in [4.69, 9.17) is 9.84 Å². The largest absolute Gasteiger partial charge is 0.481 e. The van der Waals surface area contributed by atoms with E-state index in [0.29, 0.717) is 25.7 Å². The standard InChI is InChI=1S/C22H34O6/c1-2-3-4-5-6-9-12-20-19(25)16-21(28-20)18(24)15-14-17(23)11-8-7-10-13-22(26)27/h3-4,6-9,14-15,17-21,23-25H,2,5,10-13,16H2,1H3,(H,26,27)/b4-3-,8-7-,9-6-,15-14+/t17-,18+,19-,20-,21+/m1/s1. The van der Waals surface area contributed by atoms with Crippen molar-refractivity contribution >= 4 is 5.97 Å². The zero-order valence-corrected chi connectivity index (χ0v) is 16.6. The smallest absolute Gasteiger partial charge is 0.303 e. The van der Waals surface area contributed by atoms with E-state index < -0.39 is 30.4 Å². The van der Waals surface area contributed by atoms with Crippen LogP contribution in [0.4, 0.5) is 0 Å². The molecule has 0 unspecified atom stereocenters. The van der Waals surface area contributed by atoms with Gasteiger partial charge in [-0.3, -0.25) is 4.79 Å². The highest BCUT2D eigenvalue weighted by molar-refractivity contribution is 5.66. The molecule has 6 nitrogen and oxygen atoms in total. The van der Waals surface area contributed by atoms with Crippen LogP contribution in [0.3, 0.4) is 0 Å². The molecule has 158 valence electrons. The second kappa shape index (κ2) is 14.3. The maximum Gasteiger partial charge on any atom is 0.303 e. The fraction of sp³-hybridized carbons (Fsp3) is 0.591. The lowest BCUT2D eigenvalue weighted by atomic mass is 10.0. The topological polar surface area (TPSA) is 107 Å². The Morgan fingerprint density at radius 1 is 1.11 bits per heavy atom. The van der Waals surface area contributed by atoms with E-state index in [-0.39, 0.29) is 12.5 Å². The van der Waals surface area contributed by atoms with Crippen LogP contribution >= 0.6 is 0 Å². The van der Waals surface area contributed by atoms with Gasteiger partial charge in [-0.1, -0.05) is 55.5 Å². The number of allylic oxidation sites excluding steroid dienone is 4. The second-order valence-corrected chi connectivity index (χ2v) is 6.92. The van der Waals surface area contributed by atoms with Crippen LogP contribution in [0.2, 0.25) is 0 Å². The average molecular weight is 395 g/mol. The second-order valence-electron chi connectivity index (χ2n) is 6.92. The molecule has 0 bridgehead atoms. The van der Waals surface area contributed by atoms with Gasteiger partial charge in [0.1, 0.15) is 0 Å². The van der Waals surface area contributed by atoms with Crippen molar-refractivity contribution in [1.82, 2.24) is 0 Å². The Labute approximate surface area is 167 Å². The summed E-state index contributed by atoms with van der Waals surface area (Å²) >= 11 is 0. The molecule has 1 aliphatic heterocycles. The normalized spacial score (nSPS) is 25.5. The highest BCUT2D eigenvalue weighted by atomic mass is 16.5. The minimum atomic E-state index is -0.901. The van der Waals surface area contributed by atoms with Gasteiger partial charge in [-0.15, -0.1) is 0 Å². The van der Waals surface area contributed by atoms with Crippen LogP contribution in [-0.2, 0) is 9.53 Å². The highest BCUT2D eigenvalue weighted by Gasteiger charge is 2.36. The Kier molecular flexibility index (Phi) is 12.4. The van der Waals surface area contributed by atoms with Gasteiger partial charge in [0.15, 0.2) is 0 Å². The molecular formula is C22H34O6. The zero-order valence-electron chi connectivity index (χ0n) is 16.6. The number of rotatable bonds is 13. The van der Waals surface area contributed by atoms with E-state index in [1.165, 1.54) is 12.2 Å². The van der Waals surface area contributed by atoms with E-state index in [2.05, 4.69) is 19.1 Å². The number of carboxylic acids is 1. The first-order chi connectivity index (χ1) is 13.4. The number of carbonyl (C=O) groups is 1. The van der Waals surface area contributed by atoms with Crippen LogP contribution < -0.4 is 0 Å². The molecule has 1 fully saturated rings. The van der Waals surface area contributed by atoms with Gasteiger partial charge in [0, 0.05) is 12.8 Å². The molecule has 0 amide bonds. The van der Waals surface area contributed by atoms with Crippen LogP contribution in [-0.4, -0.2) is 56.9 Å². The molecular weight excluding hydrogens is 360 g/mol. The molecule has 28 heavy (non-hydrogen) atoms. The summed E-state index contributed by atoms with van der Waals surface area (Å²) in [6.45, 7) is 2.08. The zero-order chi connectivity index (χ0) is 20.8. The lowest BCUT2D eigenvalue weighted by Gasteiger charge is -2.16. The molecule has 1 saturated heterocycles. The van der Waals surface area contributed by atoms with Crippen molar-refractivity contribution in [2.24, 2.45) is 0 Å². The fourth-order valence-corrected chi connectivity index (χ4v) is 2.87. The summed E-state index contributed by atoms with van der Waals surface area (Å²) in [5, 5.41) is 38.8. The minimum Gasteiger partial charge on any atom is -0.481 e. The number of carboxylic acid groups (broad SMARTS) is 1. The Hall–Kier alpha value is -1.73. The van der Waals surface area contributed by atoms with Crippen molar-refractivity contribution in [3.8, 4) is 0 Å². The van der Waals surface area contributed by atoms with E-state index in [1.54, 1.807) is 12.2 Å². The Bertz CT molecular complexity index is 551. The first-order valence-corrected chi connectivity index (χ1v) is 9.98. The molecule has 0 aromatic rings. The number of ether oxygens (including phenoxy) is 1. The Morgan fingerprint density at radius 2 is 1.86 bits per heavy atom. The number of hydrogen-bond acceptors (Lipinski definition) is 5. The van der Waals surface area contributed by atoms with E-state index in [0.717, 1.165) is 12.8 Å². The van der Waals surface area contributed by atoms with Crippen molar-refractivity contribution in [3.05, 3.63) is 48.6 Å². The van der Waals surface area contributed by atoms with Gasteiger partial charge in [-0.05, 0) is 32.1 Å². The molecule has 1 rings (SSSR count). The first-order valence-electron chi connectivity index (χ1n) is 9.98. The van der Waals surface area contributed by atoms with Crippen LogP contribution in [0.15, 0.2) is 48.6 Å². The van der Waals surface area contributed by atoms with Gasteiger partial charge in [-0.25, -0.2) is 0 Å². The van der Waals surface area contributed by atoms with Gasteiger partial charge < -0.3 is 25.2 Å². The van der Waals surface area contributed by atoms with Crippen molar-refractivity contribution in [1.29, 1.82) is 0 Å². The monoisotopic (exact) mass is 394 g/mol. The summed E-state index contributed by atoms with van der Waals surface area (Å²) in [7, 11) is 0. The van der Waals surface area contributed by atoms with E-state index >= 15 is 0 Å². The van der Waals surface area contributed by atoms with Crippen molar-refractivity contribution < 1.29 is 30.0 Å². The number of aliphatic carboxylic acids is 1. The van der Waals surface area contributed by atoms with Gasteiger partial charge in [0.2, 0.25) is 0 Å². The third-order valence-electron chi connectivity index (χ3n) is 4.44. The molecule has 6 heteroatoms. The predicted molar refractivity (Wildman–Crippen MR) is 109 cm³/mol. The molecule has 5 atom stereocenters. The molecule has 4 N–H and O–H groups in total. The van der Waals surface area contributed by atoms with Gasteiger partial charge in [-0.2, -0.15) is 0 Å². The molecule has 0 spiro atoms. The van der Waals surface area contributed by atoms with E-state index in [9.17, 15) is 20.1 Å². The van der Waals surface area contributed by atoms with Crippen molar-refractivity contribution in [3.63, 3.8) is 0 Å². The number of aliphatic hydroxyl groups excluding tert-OH is 3. The highest BCUT2D eigenvalue weighted by Crippen LogP contribution is 2.26. The minimum absolute atomic E-state index is 0.0638. The molecule has 1 heterocycles. The van der Waals surface area contributed by atoms with Gasteiger partial charge in [0.25, 0.3) is 0 Å². The van der Waals surface area contributed by atoms with Crippen LogP contribution in [0.25, 0.3) is 0 Å². The van der Waals surface area contributed by atoms with Crippen molar-refractivity contribution in [2.75, 3.05) is 0 Å². The first kappa shape index (κ1) is 24.3. The Morgan fingerprint density at radius 3 is 2.57 bits per heavy atom. The maximum absolute atomic E-state index is 10.4. The fourth-order valence-electron chi connectivity index (χ4n) is 2.87. The third kappa shape index (κ3) is 10.6. The summed E-state index contributed by atoms with van der Waals surface area (Å²) < 4.78 is 5.76. The van der Waals surface area contributed by atoms with Crippen LogP contribution in [0.5, 0.6) is 0 Å². The molecule has 0 saturated carbocycles. The summed E-state index contributed by atoms with van der Waals surface area (Å²) in [4.78, 5) is 10.4. The van der Waals surface area contributed by atoms with Gasteiger partial charge >= 0.3 is 5.97 Å². The molecule has 1 aliphatic rings. The van der Waals surface area contributed by atoms with Crippen LogP contribution in [0, 0.1) is 0 Å². The molecule has 0 aromatic heterocycles. The third-order valence-corrected chi connectivity index (χ3v) is 4.44. The van der Waals surface area contributed by atoms with E-state index in [1.807, 2.05) is 12.2 Å². The number of aliphatic hydroxyl groups is 3. The summed E-state index contributed by atoms with van der Waals surface area (Å²) in [5.41, 5.74) is 0. The van der Waals surface area contributed by atoms with Gasteiger partial charge in [0.05, 0.1) is 30.5 Å². The number of hydrogen-bond donors (Lipinski definition) is 4. The Balaban J connectivity index is 2.33. The molecule has 0 aromatic carbocycles. The quantitative estimate of drug-likeness (QED) is 0.358. The maximum atomic E-state index is 10.4. The predicted octanol–water partition coefficient (Wildman–Crippen LogP) is 2.90. The van der Waals surface area contributed by atoms with Crippen molar-refractivity contribution in [2.45, 2.75) is 82.4 Å².